The average molecular weight is 649 g/mol. The van der Waals surface area contributed by atoms with Gasteiger partial charge in [0.1, 0.15) is 0 Å². The molecule has 2 N–H and O–H groups in total. The van der Waals surface area contributed by atoms with Crippen LogP contribution in [0.15, 0.2) is 70.7 Å². The van der Waals surface area contributed by atoms with E-state index in [0.29, 0.717) is 42.8 Å². The number of ether oxygens (including phenoxy) is 1. The Bertz CT molecular complexity index is 1820. The number of rotatable bonds is 10. The van der Waals surface area contributed by atoms with Crippen LogP contribution in [-0.4, -0.2) is 71.4 Å². The third-order valence-electron chi connectivity index (χ3n) is 7.44. The number of aromatic nitrogens is 3. The number of thioether (sulfide) groups is 1. The molecular formula is C32H36N6O5S2. The molecule has 0 atom stereocenters. The summed E-state index contributed by atoms with van der Waals surface area (Å²) in [7, 11) is -3.67. The number of morpholine rings is 1. The molecule has 1 aliphatic heterocycles. The van der Waals surface area contributed by atoms with Crippen LogP contribution in [0.4, 0.5) is 5.69 Å². The summed E-state index contributed by atoms with van der Waals surface area (Å²) in [5, 5.41) is 15.1. The molecule has 0 spiro atoms. The van der Waals surface area contributed by atoms with Crippen molar-refractivity contribution in [3.8, 4) is 5.69 Å². The van der Waals surface area contributed by atoms with Crippen molar-refractivity contribution in [2.24, 2.45) is 0 Å². The van der Waals surface area contributed by atoms with Gasteiger partial charge in [-0.3, -0.25) is 14.2 Å². The second kappa shape index (κ2) is 13.9. The monoisotopic (exact) mass is 648 g/mol. The van der Waals surface area contributed by atoms with E-state index in [0.717, 1.165) is 33.6 Å². The molecule has 11 nitrogen and oxygen atoms in total. The van der Waals surface area contributed by atoms with E-state index < -0.39 is 10.0 Å². The zero-order chi connectivity index (χ0) is 32.1. The van der Waals surface area contributed by atoms with Crippen LogP contribution < -0.4 is 10.6 Å². The van der Waals surface area contributed by atoms with E-state index in [4.69, 9.17) is 4.74 Å². The van der Waals surface area contributed by atoms with Crippen molar-refractivity contribution in [3.05, 3.63) is 94.3 Å². The van der Waals surface area contributed by atoms with Crippen molar-refractivity contribution >= 4 is 39.3 Å². The zero-order valence-electron chi connectivity index (χ0n) is 25.7. The molecule has 0 saturated carbocycles. The molecule has 2 amide bonds. The van der Waals surface area contributed by atoms with Crippen LogP contribution in [0, 0.1) is 27.7 Å². The molecule has 13 heteroatoms. The van der Waals surface area contributed by atoms with Gasteiger partial charge in [0.05, 0.1) is 36.1 Å². The van der Waals surface area contributed by atoms with E-state index in [1.807, 2.05) is 68.7 Å². The number of sulfonamides is 1. The summed E-state index contributed by atoms with van der Waals surface area (Å²) in [5.74, 6) is 0.0460. The topological polar surface area (TPSA) is 136 Å². The molecule has 1 fully saturated rings. The molecular weight excluding hydrogens is 613 g/mol. The quantitative estimate of drug-likeness (QED) is 0.245. The van der Waals surface area contributed by atoms with Gasteiger partial charge in [0.15, 0.2) is 11.0 Å². The predicted molar refractivity (Wildman–Crippen MR) is 173 cm³/mol. The van der Waals surface area contributed by atoms with Crippen LogP contribution in [-0.2, 0) is 26.1 Å². The Morgan fingerprint density at radius 1 is 0.889 bits per heavy atom. The van der Waals surface area contributed by atoms with Gasteiger partial charge in [-0.2, -0.15) is 4.31 Å². The fourth-order valence-corrected chi connectivity index (χ4v) is 7.04. The van der Waals surface area contributed by atoms with Crippen LogP contribution in [0.2, 0.25) is 0 Å². The Balaban J connectivity index is 1.31. The van der Waals surface area contributed by atoms with Gasteiger partial charge in [-0.25, -0.2) is 8.42 Å². The number of carbonyl (C=O) groups is 2. The first kappa shape index (κ1) is 32.4. The summed E-state index contributed by atoms with van der Waals surface area (Å²) in [6.07, 6.45) is 0. The fraction of sp³-hybridized carbons (Fsp3) is 0.312. The van der Waals surface area contributed by atoms with E-state index in [1.54, 1.807) is 0 Å². The number of hydrogen-bond donors (Lipinski definition) is 2. The average Bonchev–Trinajstić information content (AvgIpc) is 3.44. The van der Waals surface area contributed by atoms with Crippen LogP contribution >= 0.6 is 11.8 Å². The summed E-state index contributed by atoms with van der Waals surface area (Å²) in [6.45, 7) is 9.24. The molecule has 3 aromatic carbocycles. The summed E-state index contributed by atoms with van der Waals surface area (Å²) >= 11 is 1.26. The molecule has 0 bridgehead atoms. The van der Waals surface area contributed by atoms with E-state index in [1.165, 1.54) is 40.3 Å². The number of carbonyl (C=O) groups excluding carboxylic acids is 2. The summed E-state index contributed by atoms with van der Waals surface area (Å²) < 4.78 is 34.4. The minimum absolute atomic E-state index is 0.0578. The molecule has 1 saturated heterocycles. The maximum Gasteiger partial charge on any atom is 0.251 e. The van der Waals surface area contributed by atoms with Gasteiger partial charge >= 0.3 is 0 Å². The fourth-order valence-electron chi connectivity index (χ4n) is 4.87. The number of nitrogens with one attached hydrogen (secondary N) is 2. The molecule has 1 aromatic heterocycles. The van der Waals surface area contributed by atoms with Crippen molar-refractivity contribution < 1.29 is 22.7 Å². The Morgan fingerprint density at radius 2 is 1.56 bits per heavy atom. The molecule has 2 heterocycles. The van der Waals surface area contributed by atoms with Crippen molar-refractivity contribution in [3.63, 3.8) is 0 Å². The van der Waals surface area contributed by atoms with Crippen LogP contribution in [0.1, 0.15) is 38.4 Å². The Labute approximate surface area is 267 Å². The lowest BCUT2D eigenvalue weighted by atomic mass is 10.1. The Morgan fingerprint density at radius 3 is 2.27 bits per heavy atom. The number of benzene rings is 3. The lowest BCUT2D eigenvalue weighted by molar-refractivity contribution is -0.113. The van der Waals surface area contributed by atoms with E-state index in [-0.39, 0.29) is 29.0 Å². The zero-order valence-corrected chi connectivity index (χ0v) is 27.3. The molecule has 0 radical (unpaired) electrons. The van der Waals surface area contributed by atoms with Gasteiger partial charge in [-0.05, 0) is 86.3 Å². The van der Waals surface area contributed by atoms with Gasteiger partial charge in [0.25, 0.3) is 5.91 Å². The van der Waals surface area contributed by atoms with Crippen molar-refractivity contribution in [1.29, 1.82) is 0 Å². The third-order valence-corrected chi connectivity index (χ3v) is 10.3. The van der Waals surface area contributed by atoms with Crippen LogP contribution in [0.3, 0.4) is 0 Å². The van der Waals surface area contributed by atoms with Crippen LogP contribution in [0.5, 0.6) is 0 Å². The van der Waals surface area contributed by atoms with E-state index >= 15 is 0 Å². The van der Waals surface area contributed by atoms with Gasteiger partial charge in [0, 0.05) is 24.3 Å². The van der Waals surface area contributed by atoms with E-state index in [2.05, 4.69) is 20.8 Å². The first-order chi connectivity index (χ1) is 21.5. The first-order valence-electron chi connectivity index (χ1n) is 14.5. The molecule has 0 unspecified atom stereocenters. The standard InChI is InChI=1S/C32H36N6O5S2/c1-21-5-7-23(3)27(17-21)34-30(39)20-44-32-36-35-29(38(32)28-18-22(2)6-8-24(28)4)19-33-31(40)25-9-11-26(12-10-25)45(41,42)37-13-15-43-16-14-37/h5-12,17-18H,13-16,19-20H2,1-4H3,(H,33,40)(H,34,39). The number of anilines is 1. The SMILES string of the molecule is Cc1ccc(C)c(NC(=O)CSc2nnc(CNC(=O)c3ccc(S(=O)(=O)N4CCOCC4)cc3)n2-c2cc(C)ccc2C)c1. The number of hydrogen-bond acceptors (Lipinski definition) is 8. The van der Waals surface area contributed by atoms with Crippen molar-refractivity contribution in [2.75, 3.05) is 37.4 Å². The van der Waals surface area contributed by atoms with Gasteiger partial charge in [0.2, 0.25) is 15.9 Å². The minimum atomic E-state index is -3.67. The van der Waals surface area contributed by atoms with Gasteiger partial charge < -0.3 is 15.4 Å². The minimum Gasteiger partial charge on any atom is -0.379 e. The summed E-state index contributed by atoms with van der Waals surface area (Å²) in [6, 6.07) is 17.8. The molecule has 4 aromatic rings. The highest BCUT2D eigenvalue weighted by Gasteiger charge is 2.26. The molecule has 1 aliphatic rings. The second-order valence-corrected chi connectivity index (χ2v) is 13.8. The van der Waals surface area contributed by atoms with Crippen molar-refractivity contribution in [2.45, 2.75) is 44.3 Å². The number of nitrogens with zero attached hydrogens (tertiary/aromatic N) is 4. The lowest BCUT2D eigenvalue weighted by Crippen LogP contribution is -2.40. The molecule has 5 rings (SSSR count). The maximum absolute atomic E-state index is 13.1. The number of amides is 2. The number of aryl methyl sites for hydroxylation is 4. The first-order valence-corrected chi connectivity index (χ1v) is 16.9. The molecule has 0 aliphatic carbocycles. The lowest BCUT2D eigenvalue weighted by Gasteiger charge is -2.26. The predicted octanol–water partition coefficient (Wildman–Crippen LogP) is 4.18. The maximum atomic E-state index is 13.1. The normalized spacial score (nSPS) is 13.9. The summed E-state index contributed by atoms with van der Waals surface area (Å²) in [5.41, 5.74) is 5.97. The Kier molecular flexibility index (Phi) is 10.0. The van der Waals surface area contributed by atoms with Gasteiger partial charge in [-0.15, -0.1) is 10.2 Å². The van der Waals surface area contributed by atoms with Gasteiger partial charge in [-0.1, -0.05) is 36.0 Å². The smallest absolute Gasteiger partial charge is 0.251 e. The highest BCUT2D eigenvalue weighted by molar-refractivity contribution is 7.99. The largest absolute Gasteiger partial charge is 0.379 e. The van der Waals surface area contributed by atoms with Crippen LogP contribution in [0.25, 0.3) is 5.69 Å². The molecule has 45 heavy (non-hydrogen) atoms. The highest BCUT2D eigenvalue weighted by Crippen LogP contribution is 2.26. The Hall–Kier alpha value is -4.04. The summed E-state index contributed by atoms with van der Waals surface area (Å²) in [4.78, 5) is 26.1. The van der Waals surface area contributed by atoms with E-state index in [9.17, 15) is 18.0 Å². The van der Waals surface area contributed by atoms with Crippen molar-refractivity contribution in [1.82, 2.24) is 24.4 Å². The molecule has 236 valence electrons. The third kappa shape index (κ3) is 7.61. The second-order valence-electron chi connectivity index (χ2n) is 10.9. The highest BCUT2D eigenvalue weighted by atomic mass is 32.2.